The van der Waals surface area contributed by atoms with E-state index < -0.39 is 5.91 Å². The number of amides is 1. The lowest BCUT2D eigenvalue weighted by molar-refractivity contribution is 0.0999. The number of carbonyl (C=O) groups is 1. The smallest absolute Gasteiger partial charge is 0.249 e. The van der Waals surface area contributed by atoms with E-state index in [1.165, 1.54) is 0 Å². The predicted molar refractivity (Wildman–Crippen MR) is 77.9 cm³/mol. The lowest BCUT2D eigenvalue weighted by Crippen LogP contribution is -2.18. The Balaban J connectivity index is 1.94. The minimum Gasteiger partial charge on any atom is -0.392 e. The van der Waals surface area contributed by atoms with Gasteiger partial charge in [-0.2, -0.15) is 0 Å². The third-order valence-corrected chi connectivity index (χ3v) is 3.13. The second-order valence-corrected chi connectivity index (χ2v) is 4.60. The summed E-state index contributed by atoms with van der Waals surface area (Å²) in [5.41, 5.74) is 8.81. The van der Waals surface area contributed by atoms with Crippen LogP contribution in [0.1, 0.15) is 27.0 Å². The fourth-order valence-electron chi connectivity index (χ4n) is 2.02. The van der Waals surface area contributed by atoms with Crippen LogP contribution >= 0.6 is 0 Å². The van der Waals surface area contributed by atoms with Crippen LogP contribution in [-0.2, 0) is 19.7 Å². The standard InChI is InChI=1S/C16H18N2O2/c17-16(20)15-4-2-1-3-14(15)10-18-9-12-5-7-13(11-19)8-6-12/h1-8,18-19H,9-11H2,(H2,17,20). The summed E-state index contributed by atoms with van der Waals surface area (Å²) < 4.78 is 0. The third kappa shape index (κ3) is 3.66. The number of rotatable bonds is 6. The van der Waals surface area contributed by atoms with E-state index in [0.29, 0.717) is 18.7 Å². The number of aliphatic hydroxyl groups excluding tert-OH is 1. The Bertz CT molecular complexity index is 579. The predicted octanol–water partition coefficient (Wildman–Crippen LogP) is 1.57. The number of hydrogen-bond donors (Lipinski definition) is 3. The van der Waals surface area contributed by atoms with Gasteiger partial charge >= 0.3 is 0 Å². The topological polar surface area (TPSA) is 75.4 Å². The van der Waals surface area contributed by atoms with Crippen molar-refractivity contribution in [3.05, 3.63) is 70.8 Å². The van der Waals surface area contributed by atoms with Gasteiger partial charge in [-0.05, 0) is 22.8 Å². The zero-order valence-electron chi connectivity index (χ0n) is 11.2. The molecule has 2 aromatic rings. The summed E-state index contributed by atoms with van der Waals surface area (Å²) in [4.78, 5) is 11.3. The molecule has 4 heteroatoms. The molecule has 0 unspecified atom stereocenters. The van der Waals surface area contributed by atoms with Gasteiger partial charge in [0.2, 0.25) is 5.91 Å². The van der Waals surface area contributed by atoms with Crippen LogP contribution in [0.5, 0.6) is 0 Å². The molecule has 4 N–H and O–H groups in total. The number of benzene rings is 2. The first-order valence-electron chi connectivity index (χ1n) is 6.48. The second kappa shape index (κ2) is 6.84. The maximum Gasteiger partial charge on any atom is 0.249 e. The van der Waals surface area contributed by atoms with Crippen LogP contribution in [0.25, 0.3) is 0 Å². The molecule has 0 aromatic heterocycles. The maximum atomic E-state index is 11.3. The van der Waals surface area contributed by atoms with Gasteiger partial charge in [-0.3, -0.25) is 4.79 Å². The molecule has 1 amide bonds. The zero-order valence-corrected chi connectivity index (χ0v) is 11.2. The summed E-state index contributed by atoms with van der Waals surface area (Å²) in [5, 5.41) is 12.3. The third-order valence-electron chi connectivity index (χ3n) is 3.13. The lowest BCUT2D eigenvalue weighted by Gasteiger charge is -2.08. The Hall–Kier alpha value is -2.17. The molecule has 0 atom stereocenters. The van der Waals surface area contributed by atoms with Crippen molar-refractivity contribution in [2.24, 2.45) is 5.73 Å². The highest BCUT2D eigenvalue weighted by molar-refractivity contribution is 5.94. The molecule has 4 nitrogen and oxygen atoms in total. The summed E-state index contributed by atoms with van der Waals surface area (Å²) in [7, 11) is 0. The van der Waals surface area contributed by atoms with Crippen molar-refractivity contribution in [2.75, 3.05) is 0 Å². The molecule has 0 saturated carbocycles. The van der Waals surface area contributed by atoms with Crippen LogP contribution in [0, 0.1) is 0 Å². The van der Waals surface area contributed by atoms with E-state index in [0.717, 1.165) is 16.7 Å². The van der Waals surface area contributed by atoms with E-state index in [2.05, 4.69) is 5.32 Å². The van der Waals surface area contributed by atoms with E-state index in [1.807, 2.05) is 36.4 Å². The fourth-order valence-corrected chi connectivity index (χ4v) is 2.02. The average molecular weight is 270 g/mol. The Morgan fingerprint density at radius 2 is 1.65 bits per heavy atom. The van der Waals surface area contributed by atoms with E-state index in [-0.39, 0.29) is 6.61 Å². The highest BCUT2D eigenvalue weighted by Crippen LogP contribution is 2.09. The lowest BCUT2D eigenvalue weighted by atomic mass is 10.1. The van der Waals surface area contributed by atoms with Crippen molar-refractivity contribution in [1.29, 1.82) is 0 Å². The van der Waals surface area contributed by atoms with Gasteiger partial charge in [0.05, 0.1) is 6.61 Å². The molecular weight excluding hydrogens is 252 g/mol. The van der Waals surface area contributed by atoms with Crippen LogP contribution in [-0.4, -0.2) is 11.0 Å². The largest absolute Gasteiger partial charge is 0.392 e. The summed E-state index contributed by atoms with van der Waals surface area (Å²) >= 11 is 0. The molecule has 20 heavy (non-hydrogen) atoms. The summed E-state index contributed by atoms with van der Waals surface area (Å²) in [5.74, 6) is -0.408. The zero-order chi connectivity index (χ0) is 14.4. The maximum absolute atomic E-state index is 11.3. The highest BCUT2D eigenvalue weighted by Gasteiger charge is 2.06. The normalized spacial score (nSPS) is 10.4. The van der Waals surface area contributed by atoms with Crippen molar-refractivity contribution in [1.82, 2.24) is 5.32 Å². The Morgan fingerprint density at radius 3 is 2.30 bits per heavy atom. The fraction of sp³-hybridized carbons (Fsp3) is 0.188. The summed E-state index contributed by atoms with van der Waals surface area (Å²) in [6, 6.07) is 15.0. The molecule has 0 saturated heterocycles. The number of hydrogen-bond acceptors (Lipinski definition) is 3. The van der Waals surface area contributed by atoms with E-state index in [9.17, 15) is 4.79 Å². The number of nitrogens with two attached hydrogens (primary N) is 1. The van der Waals surface area contributed by atoms with Crippen molar-refractivity contribution < 1.29 is 9.90 Å². The number of nitrogens with one attached hydrogen (secondary N) is 1. The Kier molecular flexibility index (Phi) is 4.87. The first-order chi connectivity index (χ1) is 9.70. The minimum atomic E-state index is -0.408. The van der Waals surface area contributed by atoms with Crippen LogP contribution in [0.3, 0.4) is 0 Å². The van der Waals surface area contributed by atoms with Gasteiger partial charge in [-0.1, -0.05) is 42.5 Å². The van der Waals surface area contributed by atoms with Crippen molar-refractivity contribution in [3.63, 3.8) is 0 Å². The van der Waals surface area contributed by atoms with Crippen LogP contribution in [0.2, 0.25) is 0 Å². The van der Waals surface area contributed by atoms with E-state index in [1.54, 1.807) is 12.1 Å². The van der Waals surface area contributed by atoms with Gasteiger partial charge in [0.1, 0.15) is 0 Å². The Morgan fingerprint density at radius 1 is 1.00 bits per heavy atom. The summed E-state index contributed by atoms with van der Waals surface area (Å²) in [6.07, 6.45) is 0. The van der Waals surface area contributed by atoms with Crippen LogP contribution < -0.4 is 11.1 Å². The van der Waals surface area contributed by atoms with E-state index >= 15 is 0 Å². The van der Waals surface area contributed by atoms with Crippen molar-refractivity contribution >= 4 is 5.91 Å². The van der Waals surface area contributed by atoms with Crippen molar-refractivity contribution in [2.45, 2.75) is 19.7 Å². The van der Waals surface area contributed by atoms with Gasteiger partial charge in [0, 0.05) is 18.7 Å². The van der Waals surface area contributed by atoms with E-state index in [4.69, 9.17) is 10.8 Å². The minimum absolute atomic E-state index is 0.0553. The molecular formula is C16H18N2O2. The van der Waals surface area contributed by atoms with Gasteiger partial charge < -0.3 is 16.2 Å². The molecule has 104 valence electrons. The van der Waals surface area contributed by atoms with Gasteiger partial charge in [0.15, 0.2) is 0 Å². The first kappa shape index (κ1) is 14.2. The van der Waals surface area contributed by atoms with Gasteiger partial charge in [0.25, 0.3) is 0 Å². The molecule has 0 radical (unpaired) electrons. The molecule has 0 heterocycles. The molecule has 2 rings (SSSR count). The molecule has 0 spiro atoms. The highest BCUT2D eigenvalue weighted by atomic mass is 16.3. The van der Waals surface area contributed by atoms with Crippen molar-refractivity contribution in [3.8, 4) is 0 Å². The number of aliphatic hydroxyl groups is 1. The Labute approximate surface area is 118 Å². The number of carbonyl (C=O) groups excluding carboxylic acids is 1. The van der Waals surface area contributed by atoms with Crippen LogP contribution in [0.4, 0.5) is 0 Å². The number of primary amides is 1. The quantitative estimate of drug-likeness (QED) is 0.745. The molecule has 0 aliphatic heterocycles. The molecule has 2 aromatic carbocycles. The average Bonchev–Trinajstić information content (AvgIpc) is 2.48. The van der Waals surface area contributed by atoms with Crippen LogP contribution in [0.15, 0.2) is 48.5 Å². The molecule has 0 fully saturated rings. The first-order valence-corrected chi connectivity index (χ1v) is 6.48. The van der Waals surface area contributed by atoms with Gasteiger partial charge in [-0.15, -0.1) is 0 Å². The molecule has 0 aliphatic carbocycles. The van der Waals surface area contributed by atoms with Gasteiger partial charge in [-0.25, -0.2) is 0 Å². The monoisotopic (exact) mass is 270 g/mol. The SMILES string of the molecule is NC(=O)c1ccccc1CNCc1ccc(CO)cc1. The molecule has 0 bridgehead atoms. The summed E-state index contributed by atoms with van der Waals surface area (Å²) in [6.45, 7) is 1.33. The second-order valence-electron chi connectivity index (χ2n) is 4.60. The molecule has 0 aliphatic rings.